The SMILES string of the molecule is CCOC(=O)NCCc1ccc2c(c1)N(C)C(=O)CCO2. The molecule has 1 aliphatic heterocycles. The molecule has 1 aromatic carbocycles. The number of alkyl carbamates (subject to hydrolysis) is 1. The third-order valence-electron chi connectivity index (χ3n) is 3.29. The summed E-state index contributed by atoms with van der Waals surface area (Å²) in [6, 6.07) is 5.73. The molecule has 1 aliphatic rings. The highest BCUT2D eigenvalue weighted by Crippen LogP contribution is 2.31. The number of carbonyl (C=O) groups is 2. The van der Waals surface area contributed by atoms with Crippen LogP contribution in [-0.4, -0.2) is 38.8 Å². The molecule has 0 saturated heterocycles. The summed E-state index contributed by atoms with van der Waals surface area (Å²) in [4.78, 5) is 24.7. The van der Waals surface area contributed by atoms with Crippen molar-refractivity contribution in [2.75, 3.05) is 31.7 Å². The van der Waals surface area contributed by atoms with Gasteiger partial charge in [0.2, 0.25) is 5.91 Å². The molecule has 114 valence electrons. The summed E-state index contributed by atoms with van der Waals surface area (Å²) in [7, 11) is 1.75. The number of ether oxygens (including phenoxy) is 2. The summed E-state index contributed by atoms with van der Waals surface area (Å²) in [5.41, 5.74) is 1.79. The van der Waals surface area contributed by atoms with Crippen molar-refractivity contribution in [1.82, 2.24) is 5.32 Å². The van der Waals surface area contributed by atoms with Gasteiger partial charge in [-0.05, 0) is 31.0 Å². The van der Waals surface area contributed by atoms with Crippen LogP contribution in [0.3, 0.4) is 0 Å². The lowest BCUT2D eigenvalue weighted by Crippen LogP contribution is -2.27. The predicted octanol–water partition coefficient (Wildman–Crippen LogP) is 1.72. The number of anilines is 1. The molecule has 0 atom stereocenters. The van der Waals surface area contributed by atoms with Crippen LogP contribution in [0.25, 0.3) is 0 Å². The van der Waals surface area contributed by atoms with Crippen molar-refractivity contribution in [1.29, 1.82) is 0 Å². The maximum absolute atomic E-state index is 11.8. The molecule has 6 heteroatoms. The van der Waals surface area contributed by atoms with Gasteiger partial charge < -0.3 is 19.7 Å². The second-order valence-corrected chi connectivity index (χ2v) is 4.75. The second-order valence-electron chi connectivity index (χ2n) is 4.75. The molecule has 0 aromatic heterocycles. The molecule has 21 heavy (non-hydrogen) atoms. The number of fused-ring (bicyclic) bond motifs is 1. The van der Waals surface area contributed by atoms with E-state index in [9.17, 15) is 9.59 Å². The fraction of sp³-hybridized carbons (Fsp3) is 0.467. The van der Waals surface area contributed by atoms with Crippen molar-refractivity contribution >= 4 is 17.7 Å². The standard InChI is InChI=1S/C15H20N2O4/c1-3-20-15(19)16-8-6-11-4-5-13-12(10-11)17(2)14(18)7-9-21-13/h4-5,10H,3,6-9H2,1-2H3,(H,16,19). The molecule has 1 aromatic rings. The Morgan fingerprint density at radius 2 is 2.29 bits per heavy atom. The monoisotopic (exact) mass is 292 g/mol. The molecule has 6 nitrogen and oxygen atoms in total. The first-order chi connectivity index (χ1) is 10.1. The Morgan fingerprint density at radius 3 is 3.05 bits per heavy atom. The number of amides is 2. The van der Waals surface area contributed by atoms with E-state index >= 15 is 0 Å². The minimum Gasteiger partial charge on any atom is -0.491 e. The Kier molecular flexibility index (Phi) is 5.03. The Labute approximate surface area is 124 Å². The van der Waals surface area contributed by atoms with Crippen molar-refractivity contribution in [2.24, 2.45) is 0 Å². The van der Waals surface area contributed by atoms with Crippen LogP contribution in [-0.2, 0) is 16.0 Å². The number of benzene rings is 1. The molecular weight excluding hydrogens is 272 g/mol. The van der Waals surface area contributed by atoms with E-state index in [2.05, 4.69) is 5.32 Å². The fourth-order valence-corrected chi connectivity index (χ4v) is 2.14. The maximum atomic E-state index is 11.8. The predicted molar refractivity (Wildman–Crippen MR) is 78.7 cm³/mol. The maximum Gasteiger partial charge on any atom is 0.407 e. The Hall–Kier alpha value is -2.24. The van der Waals surface area contributed by atoms with Crippen LogP contribution in [0.4, 0.5) is 10.5 Å². The van der Waals surface area contributed by atoms with Gasteiger partial charge in [-0.25, -0.2) is 4.79 Å². The molecule has 0 fully saturated rings. The molecule has 0 unspecified atom stereocenters. The van der Waals surface area contributed by atoms with E-state index in [1.54, 1.807) is 18.9 Å². The molecule has 0 spiro atoms. The number of hydrogen-bond acceptors (Lipinski definition) is 4. The first kappa shape index (κ1) is 15.2. The van der Waals surface area contributed by atoms with Crippen LogP contribution in [0.1, 0.15) is 18.9 Å². The summed E-state index contributed by atoms with van der Waals surface area (Å²) >= 11 is 0. The average Bonchev–Trinajstić information content (AvgIpc) is 2.60. The highest BCUT2D eigenvalue weighted by atomic mass is 16.5. The largest absolute Gasteiger partial charge is 0.491 e. The quantitative estimate of drug-likeness (QED) is 0.917. The zero-order chi connectivity index (χ0) is 15.2. The minimum atomic E-state index is -0.414. The summed E-state index contributed by atoms with van der Waals surface area (Å²) in [6.07, 6.45) is 0.627. The van der Waals surface area contributed by atoms with Gasteiger partial charge in [-0.2, -0.15) is 0 Å². The summed E-state index contributed by atoms with van der Waals surface area (Å²) in [5.74, 6) is 0.751. The van der Waals surface area contributed by atoms with Gasteiger partial charge in [0, 0.05) is 13.6 Å². The molecule has 2 amide bonds. The molecule has 0 aliphatic carbocycles. The fourth-order valence-electron chi connectivity index (χ4n) is 2.14. The van der Waals surface area contributed by atoms with E-state index in [1.165, 1.54) is 0 Å². The highest BCUT2D eigenvalue weighted by molar-refractivity contribution is 5.95. The smallest absolute Gasteiger partial charge is 0.407 e. The molecular formula is C15H20N2O4. The van der Waals surface area contributed by atoms with Gasteiger partial charge in [0.15, 0.2) is 0 Å². The third kappa shape index (κ3) is 3.87. The normalized spacial score (nSPS) is 14.0. The van der Waals surface area contributed by atoms with Crippen LogP contribution < -0.4 is 15.0 Å². The lowest BCUT2D eigenvalue weighted by atomic mass is 10.1. The van der Waals surface area contributed by atoms with E-state index in [1.807, 2.05) is 18.2 Å². The van der Waals surface area contributed by atoms with Gasteiger partial charge in [-0.15, -0.1) is 0 Å². The van der Waals surface area contributed by atoms with Crippen LogP contribution in [0, 0.1) is 0 Å². The molecule has 1 N–H and O–H groups in total. The van der Waals surface area contributed by atoms with Crippen LogP contribution >= 0.6 is 0 Å². The van der Waals surface area contributed by atoms with E-state index in [0.29, 0.717) is 38.3 Å². The number of carbonyl (C=O) groups excluding carboxylic acids is 2. The summed E-state index contributed by atoms with van der Waals surface area (Å²) in [5, 5.41) is 2.67. The lowest BCUT2D eigenvalue weighted by molar-refractivity contribution is -0.118. The molecule has 0 radical (unpaired) electrons. The first-order valence-electron chi connectivity index (χ1n) is 7.04. The minimum absolute atomic E-state index is 0.0375. The van der Waals surface area contributed by atoms with Gasteiger partial charge in [0.05, 0.1) is 25.3 Å². The van der Waals surface area contributed by atoms with Crippen LogP contribution in [0.2, 0.25) is 0 Å². The van der Waals surface area contributed by atoms with Gasteiger partial charge in [0.25, 0.3) is 0 Å². The molecule has 0 saturated carbocycles. The van der Waals surface area contributed by atoms with Gasteiger partial charge in [-0.3, -0.25) is 4.79 Å². The Bertz CT molecular complexity index is 530. The average molecular weight is 292 g/mol. The molecule has 0 bridgehead atoms. The van der Waals surface area contributed by atoms with Crippen molar-refractivity contribution in [3.05, 3.63) is 23.8 Å². The van der Waals surface area contributed by atoms with E-state index < -0.39 is 6.09 Å². The first-order valence-corrected chi connectivity index (χ1v) is 7.04. The highest BCUT2D eigenvalue weighted by Gasteiger charge is 2.20. The van der Waals surface area contributed by atoms with Gasteiger partial charge in [0.1, 0.15) is 5.75 Å². The van der Waals surface area contributed by atoms with E-state index in [4.69, 9.17) is 9.47 Å². The summed E-state index contributed by atoms with van der Waals surface area (Å²) in [6.45, 7) is 3.00. The number of nitrogens with zero attached hydrogens (tertiary/aromatic N) is 1. The van der Waals surface area contributed by atoms with Crippen molar-refractivity contribution in [3.63, 3.8) is 0 Å². The van der Waals surface area contributed by atoms with Crippen molar-refractivity contribution in [2.45, 2.75) is 19.8 Å². The van der Waals surface area contributed by atoms with E-state index in [0.717, 1.165) is 11.3 Å². The zero-order valence-electron chi connectivity index (χ0n) is 12.3. The zero-order valence-corrected chi connectivity index (χ0v) is 12.3. The van der Waals surface area contributed by atoms with Crippen molar-refractivity contribution < 1.29 is 19.1 Å². The Balaban J connectivity index is 2.01. The van der Waals surface area contributed by atoms with Gasteiger partial charge in [-0.1, -0.05) is 6.07 Å². The number of rotatable bonds is 4. The molecule has 2 rings (SSSR count). The van der Waals surface area contributed by atoms with Crippen LogP contribution in [0.5, 0.6) is 5.75 Å². The summed E-state index contributed by atoms with van der Waals surface area (Å²) < 4.78 is 10.4. The molecule has 1 heterocycles. The number of nitrogens with one attached hydrogen (secondary N) is 1. The van der Waals surface area contributed by atoms with E-state index in [-0.39, 0.29) is 5.91 Å². The lowest BCUT2D eigenvalue weighted by Gasteiger charge is -2.17. The topological polar surface area (TPSA) is 67.9 Å². The van der Waals surface area contributed by atoms with Gasteiger partial charge >= 0.3 is 6.09 Å². The van der Waals surface area contributed by atoms with Crippen molar-refractivity contribution in [3.8, 4) is 5.75 Å². The Morgan fingerprint density at radius 1 is 1.48 bits per heavy atom. The second kappa shape index (κ2) is 6.97. The number of hydrogen-bond donors (Lipinski definition) is 1. The van der Waals surface area contributed by atoms with Crippen LogP contribution in [0.15, 0.2) is 18.2 Å². The third-order valence-corrected chi connectivity index (χ3v) is 3.29.